The number of amides is 3. The number of hydrogen-bond donors (Lipinski definition) is 3. The van der Waals surface area contributed by atoms with Gasteiger partial charge in [-0.3, -0.25) is 9.69 Å². The van der Waals surface area contributed by atoms with Gasteiger partial charge in [0.1, 0.15) is 0 Å². The highest BCUT2D eigenvalue weighted by Gasteiger charge is 2.21. The summed E-state index contributed by atoms with van der Waals surface area (Å²) in [6, 6.07) is 15.4. The van der Waals surface area contributed by atoms with Gasteiger partial charge in [0.2, 0.25) is 5.91 Å². The number of rotatable bonds is 6. The first-order valence-corrected chi connectivity index (χ1v) is 9.80. The monoisotopic (exact) mass is 396 g/mol. The Bertz CT molecular complexity index is 841. The molecule has 2 aromatic rings. The third-order valence-corrected chi connectivity index (χ3v) is 4.77. The van der Waals surface area contributed by atoms with Crippen LogP contribution in [0.2, 0.25) is 0 Å². The first kappa shape index (κ1) is 20.8. The summed E-state index contributed by atoms with van der Waals surface area (Å²) in [5.74, 6) is -0.149. The summed E-state index contributed by atoms with van der Waals surface area (Å²) >= 11 is 0. The van der Waals surface area contributed by atoms with Crippen LogP contribution in [0.1, 0.15) is 18.1 Å². The van der Waals surface area contributed by atoms with Gasteiger partial charge >= 0.3 is 6.03 Å². The number of hydrogen-bond acceptors (Lipinski definition) is 4. The van der Waals surface area contributed by atoms with Crippen LogP contribution in [-0.4, -0.2) is 49.2 Å². The summed E-state index contributed by atoms with van der Waals surface area (Å²) in [6.07, 6.45) is -0.0498. The second kappa shape index (κ2) is 10.0. The number of anilines is 2. The van der Waals surface area contributed by atoms with E-state index >= 15 is 0 Å². The lowest BCUT2D eigenvalue weighted by atomic mass is 10.2. The molecule has 0 radical (unpaired) electrons. The molecule has 3 N–H and O–H groups in total. The smallest absolute Gasteiger partial charge is 0.319 e. The molecule has 1 unspecified atom stereocenters. The number of ether oxygens (including phenoxy) is 1. The fourth-order valence-electron chi connectivity index (χ4n) is 3.30. The fraction of sp³-hybridized carbons (Fsp3) is 0.364. The number of aryl methyl sites for hydroxylation is 1. The Morgan fingerprint density at radius 1 is 1.14 bits per heavy atom. The van der Waals surface area contributed by atoms with Crippen LogP contribution in [0.25, 0.3) is 0 Å². The average Bonchev–Trinajstić information content (AvgIpc) is 2.70. The molecular weight excluding hydrogens is 368 g/mol. The lowest BCUT2D eigenvalue weighted by molar-refractivity contribution is -0.114. The third kappa shape index (κ3) is 6.58. The van der Waals surface area contributed by atoms with Crippen LogP contribution >= 0.6 is 0 Å². The maximum absolute atomic E-state index is 12.3. The molecule has 0 aromatic heterocycles. The van der Waals surface area contributed by atoms with Crippen LogP contribution in [0.3, 0.4) is 0 Å². The Morgan fingerprint density at radius 3 is 2.69 bits per heavy atom. The molecule has 7 heteroatoms. The molecule has 1 aliphatic rings. The summed E-state index contributed by atoms with van der Waals surface area (Å²) in [5, 5.41) is 8.43. The number of benzene rings is 2. The zero-order valence-electron chi connectivity index (χ0n) is 16.9. The largest absolute Gasteiger partial charge is 0.374 e. The van der Waals surface area contributed by atoms with Gasteiger partial charge in [-0.25, -0.2) is 4.79 Å². The maximum atomic E-state index is 12.3. The molecule has 1 heterocycles. The highest BCUT2D eigenvalue weighted by Crippen LogP contribution is 2.20. The fourth-order valence-corrected chi connectivity index (χ4v) is 3.30. The predicted octanol–water partition coefficient (Wildman–Crippen LogP) is 2.98. The van der Waals surface area contributed by atoms with E-state index in [9.17, 15) is 9.59 Å². The molecule has 1 saturated heterocycles. The third-order valence-electron chi connectivity index (χ3n) is 4.77. The van der Waals surface area contributed by atoms with E-state index in [-0.39, 0.29) is 18.0 Å². The van der Waals surface area contributed by atoms with Gasteiger partial charge in [0.15, 0.2) is 0 Å². The number of carbonyl (C=O) groups is 2. The van der Waals surface area contributed by atoms with Gasteiger partial charge in [-0.15, -0.1) is 0 Å². The molecule has 1 fully saturated rings. The van der Waals surface area contributed by atoms with Gasteiger partial charge in [0.05, 0.1) is 12.7 Å². The predicted molar refractivity (Wildman–Crippen MR) is 114 cm³/mol. The molecule has 7 nitrogen and oxygen atoms in total. The van der Waals surface area contributed by atoms with Crippen LogP contribution in [0.5, 0.6) is 0 Å². The Kier molecular flexibility index (Phi) is 7.21. The zero-order chi connectivity index (χ0) is 20.6. The highest BCUT2D eigenvalue weighted by molar-refractivity contribution is 5.93. The van der Waals surface area contributed by atoms with Crippen molar-refractivity contribution in [3.63, 3.8) is 0 Å². The number of carbonyl (C=O) groups excluding carboxylic acids is 2. The maximum Gasteiger partial charge on any atom is 0.319 e. The molecule has 3 rings (SSSR count). The van der Waals surface area contributed by atoms with Crippen LogP contribution in [0, 0.1) is 6.92 Å². The lowest BCUT2D eigenvalue weighted by Crippen LogP contribution is -2.47. The molecular formula is C22H28N4O3. The first-order chi connectivity index (χ1) is 14.0. The van der Waals surface area contributed by atoms with Crippen molar-refractivity contribution in [2.75, 3.05) is 36.9 Å². The summed E-state index contributed by atoms with van der Waals surface area (Å²) in [6.45, 7) is 6.97. The topological polar surface area (TPSA) is 82.7 Å². The molecule has 3 amide bonds. The quantitative estimate of drug-likeness (QED) is 0.701. The Balaban J connectivity index is 1.47. The summed E-state index contributed by atoms with van der Waals surface area (Å²) in [7, 11) is 0. The van der Waals surface area contributed by atoms with Gasteiger partial charge < -0.3 is 20.7 Å². The minimum absolute atomic E-state index is 0.0498. The number of nitrogens with one attached hydrogen (secondary N) is 3. The summed E-state index contributed by atoms with van der Waals surface area (Å²) < 4.78 is 5.79. The van der Waals surface area contributed by atoms with E-state index in [1.165, 1.54) is 12.5 Å². The van der Waals surface area contributed by atoms with Gasteiger partial charge in [-0.1, -0.05) is 36.4 Å². The van der Waals surface area contributed by atoms with Crippen molar-refractivity contribution < 1.29 is 14.3 Å². The molecule has 1 atom stereocenters. The molecule has 2 aromatic carbocycles. The number of morpholine rings is 1. The van der Waals surface area contributed by atoms with Crippen molar-refractivity contribution in [1.29, 1.82) is 0 Å². The standard InChI is InChI=1S/C22H28N4O3/c1-16-8-9-19(12-21(16)24-17(2)27)25-22(28)23-13-20-15-26(10-11-29-20)14-18-6-4-3-5-7-18/h3-9,12,20H,10-11,13-15H2,1-2H3,(H,24,27)(H2,23,25,28). The van der Waals surface area contributed by atoms with Crippen LogP contribution in [-0.2, 0) is 16.1 Å². The Morgan fingerprint density at radius 2 is 1.93 bits per heavy atom. The molecule has 0 bridgehead atoms. The minimum atomic E-state index is -0.300. The molecule has 0 saturated carbocycles. The van der Waals surface area contributed by atoms with E-state index in [0.717, 1.165) is 25.2 Å². The summed E-state index contributed by atoms with van der Waals surface area (Å²) in [4.78, 5) is 25.9. The Labute approximate surface area is 171 Å². The van der Waals surface area contributed by atoms with Crippen molar-refractivity contribution in [3.8, 4) is 0 Å². The second-order valence-corrected chi connectivity index (χ2v) is 7.26. The second-order valence-electron chi connectivity index (χ2n) is 7.26. The molecule has 1 aliphatic heterocycles. The van der Waals surface area contributed by atoms with Crippen molar-refractivity contribution in [2.45, 2.75) is 26.5 Å². The van der Waals surface area contributed by atoms with E-state index in [2.05, 4.69) is 33.0 Å². The van der Waals surface area contributed by atoms with Crippen molar-refractivity contribution >= 4 is 23.3 Å². The normalized spacial score (nSPS) is 16.8. The van der Waals surface area contributed by atoms with Gasteiger partial charge in [0, 0.05) is 44.5 Å². The molecule has 29 heavy (non-hydrogen) atoms. The zero-order valence-corrected chi connectivity index (χ0v) is 16.9. The van der Waals surface area contributed by atoms with Gasteiger partial charge in [-0.05, 0) is 30.2 Å². The first-order valence-electron chi connectivity index (χ1n) is 9.80. The minimum Gasteiger partial charge on any atom is -0.374 e. The van der Waals surface area contributed by atoms with Crippen LogP contribution < -0.4 is 16.0 Å². The van der Waals surface area contributed by atoms with Crippen molar-refractivity contribution in [2.24, 2.45) is 0 Å². The van der Waals surface area contributed by atoms with Crippen LogP contribution in [0.4, 0.5) is 16.2 Å². The Hall–Kier alpha value is -2.90. The highest BCUT2D eigenvalue weighted by atomic mass is 16.5. The molecule has 154 valence electrons. The average molecular weight is 396 g/mol. The van der Waals surface area contributed by atoms with Crippen molar-refractivity contribution in [3.05, 3.63) is 59.7 Å². The lowest BCUT2D eigenvalue weighted by Gasteiger charge is -2.33. The van der Waals surface area contributed by atoms with E-state index in [1.54, 1.807) is 12.1 Å². The van der Waals surface area contributed by atoms with Crippen molar-refractivity contribution in [1.82, 2.24) is 10.2 Å². The van der Waals surface area contributed by atoms with Gasteiger partial charge in [-0.2, -0.15) is 0 Å². The van der Waals surface area contributed by atoms with E-state index in [1.807, 2.05) is 31.2 Å². The number of nitrogens with zero attached hydrogens (tertiary/aromatic N) is 1. The number of urea groups is 1. The van der Waals surface area contributed by atoms with E-state index in [0.29, 0.717) is 24.5 Å². The summed E-state index contributed by atoms with van der Waals surface area (Å²) in [5.41, 5.74) is 3.50. The van der Waals surface area contributed by atoms with Gasteiger partial charge in [0.25, 0.3) is 0 Å². The van der Waals surface area contributed by atoms with Crippen LogP contribution in [0.15, 0.2) is 48.5 Å². The molecule has 0 spiro atoms. The van der Waals surface area contributed by atoms with E-state index < -0.39 is 0 Å². The molecule has 0 aliphatic carbocycles. The SMILES string of the molecule is CC(=O)Nc1cc(NC(=O)NCC2CN(Cc3ccccc3)CCO2)ccc1C. The van der Waals surface area contributed by atoms with E-state index in [4.69, 9.17) is 4.74 Å².